The lowest BCUT2D eigenvalue weighted by atomic mass is 9.91. The first-order chi connectivity index (χ1) is 8.74. The van der Waals surface area contributed by atoms with Crippen LogP contribution in [0.5, 0.6) is 11.5 Å². The predicted octanol–water partition coefficient (Wildman–Crippen LogP) is 2.13. The molecule has 0 spiro atoms. The number of thiazole rings is 1. The number of aliphatic hydroxyl groups excluding tert-OH is 1. The average Bonchev–Trinajstić information content (AvgIpc) is 2.86. The Morgan fingerprint density at radius 1 is 1.44 bits per heavy atom. The van der Waals surface area contributed by atoms with E-state index in [1.54, 1.807) is 35.7 Å². The van der Waals surface area contributed by atoms with Crippen molar-refractivity contribution in [1.29, 1.82) is 0 Å². The molecule has 3 rings (SSSR count). The van der Waals surface area contributed by atoms with Crippen LogP contribution in [0.15, 0.2) is 29.8 Å². The second kappa shape index (κ2) is 4.59. The number of ether oxygens (including phenoxy) is 1. The van der Waals surface area contributed by atoms with Gasteiger partial charge in [-0.3, -0.25) is 0 Å². The lowest BCUT2D eigenvalue weighted by Gasteiger charge is -2.29. The second-order valence-corrected chi connectivity index (χ2v) is 5.35. The molecular weight excluding hydrogens is 250 g/mol. The topological polar surface area (TPSA) is 62.6 Å². The fourth-order valence-electron chi connectivity index (χ4n) is 2.19. The zero-order valence-corrected chi connectivity index (χ0v) is 10.4. The van der Waals surface area contributed by atoms with Gasteiger partial charge in [0.2, 0.25) is 0 Å². The van der Waals surface area contributed by atoms with Gasteiger partial charge in [-0.2, -0.15) is 0 Å². The number of aromatic hydroxyl groups is 1. The fraction of sp³-hybridized carbons (Fsp3) is 0.308. The van der Waals surface area contributed by atoms with Crippen LogP contribution in [0.3, 0.4) is 0 Å². The maximum atomic E-state index is 10.3. The SMILES string of the molecule is Oc1ccc2c(c1)[C@@H](O)[C@H](Cc1nccs1)CO2. The number of hydrogen-bond donors (Lipinski definition) is 2. The van der Waals surface area contributed by atoms with E-state index < -0.39 is 6.10 Å². The highest BCUT2D eigenvalue weighted by molar-refractivity contribution is 7.09. The molecule has 0 radical (unpaired) electrons. The van der Waals surface area contributed by atoms with Gasteiger partial charge in [0.05, 0.1) is 17.7 Å². The Hall–Kier alpha value is -1.59. The van der Waals surface area contributed by atoms with Crippen molar-refractivity contribution < 1.29 is 14.9 Å². The molecule has 2 N–H and O–H groups in total. The highest BCUT2D eigenvalue weighted by Crippen LogP contribution is 2.38. The standard InChI is InChI=1S/C13H13NO3S/c15-9-1-2-11-10(6-9)13(16)8(7-17-11)5-12-14-3-4-18-12/h1-4,6,8,13,15-16H,5,7H2/t8-,13+/m1/s1. The summed E-state index contributed by atoms with van der Waals surface area (Å²) >= 11 is 1.58. The number of aromatic nitrogens is 1. The van der Waals surface area contributed by atoms with Crippen LogP contribution in [-0.4, -0.2) is 21.8 Å². The highest BCUT2D eigenvalue weighted by atomic mass is 32.1. The molecule has 4 nitrogen and oxygen atoms in total. The molecule has 18 heavy (non-hydrogen) atoms. The number of aliphatic hydroxyl groups is 1. The van der Waals surface area contributed by atoms with Crippen molar-refractivity contribution in [3.05, 3.63) is 40.3 Å². The van der Waals surface area contributed by atoms with Crippen molar-refractivity contribution in [3.63, 3.8) is 0 Å². The van der Waals surface area contributed by atoms with Crippen molar-refractivity contribution in [2.45, 2.75) is 12.5 Å². The third-order valence-corrected chi connectivity index (χ3v) is 3.93. The molecule has 94 valence electrons. The Morgan fingerprint density at radius 3 is 3.11 bits per heavy atom. The van der Waals surface area contributed by atoms with Crippen LogP contribution in [0.4, 0.5) is 0 Å². The van der Waals surface area contributed by atoms with E-state index in [4.69, 9.17) is 4.74 Å². The van der Waals surface area contributed by atoms with Gasteiger partial charge in [0.15, 0.2) is 0 Å². The monoisotopic (exact) mass is 263 g/mol. The Labute approximate surface area is 109 Å². The van der Waals surface area contributed by atoms with Crippen LogP contribution in [0.25, 0.3) is 0 Å². The Balaban J connectivity index is 1.84. The van der Waals surface area contributed by atoms with Gasteiger partial charge in [0.1, 0.15) is 11.5 Å². The van der Waals surface area contributed by atoms with Crippen molar-refractivity contribution in [2.75, 3.05) is 6.61 Å². The molecule has 2 heterocycles. The molecule has 1 aromatic heterocycles. The zero-order chi connectivity index (χ0) is 12.5. The molecule has 1 aliphatic heterocycles. The molecule has 0 fully saturated rings. The summed E-state index contributed by atoms with van der Waals surface area (Å²) in [5.74, 6) is 0.771. The van der Waals surface area contributed by atoms with Crippen LogP contribution in [0.2, 0.25) is 0 Å². The van der Waals surface area contributed by atoms with Gasteiger partial charge in [-0.05, 0) is 18.2 Å². The number of benzene rings is 1. The fourth-order valence-corrected chi connectivity index (χ4v) is 2.90. The molecule has 0 saturated carbocycles. The zero-order valence-electron chi connectivity index (χ0n) is 9.61. The summed E-state index contributed by atoms with van der Waals surface area (Å²) in [6.45, 7) is 0.471. The Bertz CT molecular complexity index is 541. The maximum absolute atomic E-state index is 10.3. The first-order valence-corrected chi connectivity index (χ1v) is 6.64. The minimum absolute atomic E-state index is 0.0227. The summed E-state index contributed by atoms with van der Waals surface area (Å²) in [4.78, 5) is 4.22. The third kappa shape index (κ3) is 2.07. The number of nitrogens with zero attached hydrogens (tertiary/aromatic N) is 1. The number of phenols is 1. The van der Waals surface area contributed by atoms with E-state index in [1.165, 1.54) is 0 Å². The molecule has 2 aromatic rings. The van der Waals surface area contributed by atoms with E-state index in [0.29, 0.717) is 24.3 Å². The summed E-state index contributed by atoms with van der Waals surface area (Å²) in [5, 5.41) is 22.7. The average molecular weight is 263 g/mol. The lowest BCUT2D eigenvalue weighted by molar-refractivity contribution is 0.0505. The van der Waals surface area contributed by atoms with Crippen LogP contribution >= 0.6 is 11.3 Å². The van der Waals surface area contributed by atoms with Crippen LogP contribution in [0.1, 0.15) is 16.7 Å². The van der Waals surface area contributed by atoms with E-state index in [-0.39, 0.29) is 11.7 Å². The van der Waals surface area contributed by atoms with Gasteiger partial charge in [-0.1, -0.05) is 0 Å². The van der Waals surface area contributed by atoms with Crippen molar-refractivity contribution in [2.24, 2.45) is 5.92 Å². The van der Waals surface area contributed by atoms with Crippen LogP contribution in [0, 0.1) is 5.92 Å². The summed E-state index contributed by atoms with van der Waals surface area (Å²) in [5.41, 5.74) is 0.655. The molecule has 0 amide bonds. The number of hydrogen-bond acceptors (Lipinski definition) is 5. The minimum atomic E-state index is -0.621. The van der Waals surface area contributed by atoms with Gasteiger partial charge in [0, 0.05) is 29.5 Å². The number of phenolic OH excluding ortho intramolecular Hbond substituents is 1. The lowest BCUT2D eigenvalue weighted by Crippen LogP contribution is -2.27. The molecule has 2 atom stereocenters. The summed E-state index contributed by atoms with van der Waals surface area (Å²) in [7, 11) is 0. The molecule has 5 heteroatoms. The van der Waals surface area contributed by atoms with Crippen molar-refractivity contribution in [3.8, 4) is 11.5 Å². The molecule has 1 aliphatic rings. The third-order valence-electron chi connectivity index (χ3n) is 3.13. The van der Waals surface area contributed by atoms with E-state index in [2.05, 4.69) is 4.98 Å². The van der Waals surface area contributed by atoms with E-state index in [1.807, 2.05) is 5.38 Å². The second-order valence-electron chi connectivity index (χ2n) is 4.37. The first-order valence-electron chi connectivity index (χ1n) is 5.76. The Kier molecular flexibility index (Phi) is 2.93. The molecule has 0 bridgehead atoms. The smallest absolute Gasteiger partial charge is 0.125 e. The van der Waals surface area contributed by atoms with Gasteiger partial charge in [-0.25, -0.2) is 4.98 Å². The summed E-state index contributed by atoms with van der Waals surface area (Å²) in [6.07, 6.45) is 1.83. The summed E-state index contributed by atoms with van der Waals surface area (Å²) in [6, 6.07) is 4.81. The molecule has 0 saturated heterocycles. The largest absolute Gasteiger partial charge is 0.508 e. The van der Waals surface area contributed by atoms with Gasteiger partial charge >= 0.3 is 0 Å². The van der Waals surface area contributed by atoms with Gasteiger partial charge < -0.3 is 14.9 Å². The van der Waals surface area contributed by atoms with Gasteiger partial charge in [-0.15, -0.1) is 11.3 Å². The maximum Gasteiger partial charge on any atom is 0.125 e. The molecule has 0 aliphatic carbocycles. The minimum Gasteiger partial charge on any atom is -0.508 e. The molecule has 0 unspecified atom stereocenters. The first kappa shape index (κ1) is 11.5. The molecular formula is C13H13NO3S. The van der Waals surface area contributed by atoms with Crippen LogP contribution < -0.4 is 4.74 Å². The number of rotatable bonds is 2. The normalized spacial score (nSPS) is 22.3. The van der Waals surface area contributed by atoms with E-state index in [9.17, 15) is 10.2 Å². The Morgan fingerprint density at radius 2 is 2.33 bits per heavy atom. The van der Waals surface area contributed by atoms with E-state index in [0.717, 1.165) is 5.01 Å². The highest BCUT2D eigenvalue weighted by Gasteiger charge is 2.30. The predicted molar refractivity (Wildman–Crippen MR) is 67.9 cm³/mol. The van der Waals surface area contributed by atoms with Crippen LogP contribution in [-0.2, 0) is 6.42 Å². The quantitative estimate of drug-likeness (QED) is 0.871. The van der Waals surface area contributed by atoms with E-state index >= 15 is 0 Å². The van der Waals surface area contributed by atoms with Crippen molar-refractivity contribution >= 4 is 11.3 Å². The molecule has 1 aromatic carbocycles. The van der Waals surface area contributed by atoms with Crippen molar-refractivity contribution in [1.82, 2.24) is 4.98 Å². The number of fused-ring (bicyclic) bond motifs is 1. The summed E-state index contributed by atoms with van der Waals surface area (Å²) < 4.78 is 5.62. The van der Waals surface area contributed by atoms with Gasteiger partial charge in [0.25, 0.3) is 0 Å².